The first kappa shape index (κ1) is 17.8. The Kier molecular flexibility index (Phi) is 4.57. The second-order valence-electron chi connectivity index (χ2n) is 6.20. The van der Waals surface area contributed by atoms with E-state index in [0.717, 1.165) is 22.2 Å². The van der Waals surface area contributed by atoms with E-state index in [2.05, 4.69) is 0 Å². The predicted octanol–water partition coefficient (Wildman–Crippen LogP) is 2.17. The molecule has 0 saturated heterocycles. The molecule has 1 aromatic heterocycles. The van der Waals surface area contributed by atoms with Crippen LogP contribution in [-0.4, -0.2) is 21.3 Å². The Morgan fingerprint density at radius 3 is 2.32 bits per heavy atom. The van der Waals surface area contributed by atoms with E-state index in [-0.39, 0.29) is 0 Å². The number of fused-ring (bicyclic) bond motifs is 1. The average molecular weight is 379 g/mol. The van der Waals surface area contributed by atoms with E-state index in [0.29, 0.717) is 22.9 Å². The van der Waals surface area contributed by atoms with Crippen molar-refractivity contribution in [3.05, 3.63) is 71.1 Å². The minimum absolute atomic E-state index is 0.465. The molecule has 0 saturated carbocycles. The smallest absolute Gasteiger partial charge is 0.227 e. The third-order valence-corrected chi connectivity index (χ3v) is 4.73. The number of methoxy groups -OCH3 is 3. The van der Waals surface area contributed by atoms with Gasteiger partial charge in [0.15, 0.2) is 6.17 Å². The monoisotopic (exact) mass is 379 g/mol. The van der Waals surface area contributed by atoms with E-state index in [1.807, 2.05) is 53.4 Å². The van der Waals surface area contributed by atoms with Gasteiger partial charge in [-0.2, -0.15) is 0 Å². The van der Waals surface area contributed by atoms with Crippen molar-refractivity contribution < 1.29 is 18.6 Å². The zero-order valence-electron chi connectivity index (χ0n) is 15.9. The number of nitrogens with zero attached hydrogens (tertiary/aromatic N) is 2. The fourth-order valence-electron chi connectivity index (χ4n) is 3.29. The van der Waals surface area contributed by atoms with Gasteiger partial charge in [-0.3, -0.25) is 0 Å². The minimum atomic E-state index is -0.465. The number of hydrogen-bond donors (Lipinski definition) is 1. The molecule has 0 bridgehead atoms. The minimum Gasteiger partial charge on any atom is -0.497 e. The quantitative estimate of drug-likeness (QED) is 0.732. The Morgan fingerprint density at radius 1 is 0.929 bits per heavy atom. The molecule has 28 heavy (non-hydrogen) atoms. The number of anilines is 1. The molecule has 3 aromatic rings. The third-order valence-electron chi connectivity index (χ3n) is 4.73. The van der Waals surface area contributed by atoms with Gasteiger partial charge in [0.25, 0.3) is 0 Å². The first-order chi connectivity index (χ1) is 13.7. The molecule has 0 radical (unpaired) electrons. The summed E-state index contributed by atoms with van der Waals surface area (Å²) < 4.78 is 21.7. The lowest BCUT2D eigenvalue weighted by atomic mass is 10.1. The number of rotatable bonds is 5. The number of ether oxygens (including phenoxy) is 3. The van der Waals surface area contributed by atoms with Crippen molar-refractivity contribution in [2.75, 3.05) is 26.2 Å². The van der Waals surface area contributed by atoms with Crippen molar-refractivity contribution >= 4 is 11.5 Å². The Bertz CT molecular complexity index is 1110. The van der Waals surface area contributed by atoms with Crippen LogP contribution in [0.15, 0.2) is 64.2 Å². The van der Waals surface area contributed by atoms with Crippen LogP contribution in [0.2, 0.25) is 0 Å². The summed E-state index contributed by atoms with van der Waals surface area (Å²) >= 11 is 0. The maximum Gasteiger partial charge on any atom is 0.227 e. The molecule has 0 spiro atoms. The molecule has 0 fully saturated rings. The van der Waals surface area contributed by atoms with Gasteiger partial charge in [-0.25, -0.2) is 4.99 Å². The van der Waals surface area contributed by atoms with Crippen molar-refractivity contribution in [3.8, 4) is 17.2 Å². The van der Waals surface area contributed by atoms with Crippen molar-refractivity contribution in [2.24, 2.45) is 10.7 Å². The molecule has 0 aliphatic carbocycles. The van der Waals surface area contributed by atoms with Crippen LogP contribution >= 0.6 is 0 Å². The lowest BCUT2D eigenvalue weighted by molar-refractivity contribution is 0.387. The van der Waals surface area contributed by atoms with Gasteiger partial charge in [0.1, 0.15) is 23.1 Å². The van der Waals surface area contributed by atoms with Crippen LogP contribution in [0, 0.1) is 0 Å². The van der Waals surface area contributed by atoms with E-state index in [1.54, 1.807) is 27.6 Å². The molecule has 2 heterocycles. The normalized spacial score (nSPS) is 15.6. The van der Waals surface area contributed by atoms with Crippen LogP contribution in [0.25, 0.3) is 5.82 Å². The highest BCUT2D eigenvalue weighted by Gasteiger charge is 2.29. The lowest BCUT2D eigenvalue weighted by Crippen LogP contribution is -2.44. The molecule has 7 nitrogen and oxygen atoms in total. The summed E-state index contributed by atoms with van der Waals surface area (Å²) in [6.45, 7) is 0. The first-order valence-corrected chi connectivity index (χ1v) is 8.72. The van der Waals surface area contributed by atoms with Crippen LogP contribution in [0.4, 0.5) is 5.69 Å². The van der Waals surface area contributed by atoms with Crippen molar-refractivity contribution in [2.45, 2.75) is 6.17 Å². The summed E-state index contributed by atoms with van der Waals surface area (Å²) in [7, 11) is 4.86. The highest BCUT2D eigenvalue weighted by atomic mass is 16.5. The van der Waals surface area contributed by atoms with Crippen molar-refractivity contribution in [1.29, 1.82) is 0 Å². The highest BCUT2D eigenvalue weighted by Crippen LogP contribution is 2.38. The molecular weight excluding hydrogens is 358 g/mol. The summed E-state index contributed by atoms with van der Waals surface area (Å²) in [6.07, 6.45) is 1.12. The summed E-state index contributed by atoms with van der Waals surface area (Å²) in [4.78, 5) is 6.74. The standard InChI is InChI=1S/C21H21N3O4/c1-25-14-6-4-13(5-7-14)24-19(22)17-10-11-28-21(17)23-20(24)16-9-8-15(26-2)12-18(16)27-3/h4-12,20H,22H2,1-3H3. The molecule has 2 N–H and O–H groups in total. The van der Waals surface area contributed by atoms with Crippen LogP contribution in [0.3, 0.4) is 0 Å². The summed E-state index contributed by atoms with van der Waals surface area (Å²) in [5, 5.41) is 0.750. The maximum absolute atomic E-state index is 6.54. The molecule has 1 unspecified atom stereocenters. The van der Waals surface area contributed by atoms with E-state index < -0.39 is 6.17 Å². The fourth-order valence-corrected chi connectivity index (χ4v) is 3.29. The van der Waals surface area contributed by atoms with Crippen LogP contribution in [-0.2, 0) is 0 Å². The molecule has 4 rings (SSSR count). The van der Waals surface area contributed by atoms with Gasteiger partial charge in [0.05, 0.1) is 32.8 Å². The van der Waals surface area contributed by atoms with Crippen LogP contribution in [0.1, 0.15) is 11.7 Å². The van der Waals surface area contributed by atoms with Gasteiger partial charge >= 0.3 is 0 Å². The Labute approximate surface area is 162 Å². The Hall–Kier alpha value is -3.61. The third kappa shape index (κ3) is 2.90. The molecule has 1 aliphatic rings. The molecule has 2 aromatic carbocycles. The zero-order valence-corrected chi connectivity index (χ0v) is 15.9. The molecule has 7 heteroatoms. The predicted molar refractivity (Wildman–Crippen MR) is 105 cm³/mol. The number of benzene rings is 2. The second-order valence-corrected chi connectivity index (χ2v) is 6.20. The van der Waals surface area contributed by atoms with Crippen LogP contribution < -0.4 is 35.6 Å². The lowest BCUT2D eigenvalue weighted by Gasteiger charge is -2.33. The van der Waals surface area contributed by atoms with Gasteiger partial charge in [0.2, 0.25) is 5.55 Å². The second kappa shape index (κ2) is 7.19. The summed E-state index contributed by atoms with van der Waals surface area (Å²) in [5.41, 5.74) is 8.74. The topological polar surface area (TPSA) is 82.5 Å². The van der Waals surface area contributed by atoms with Gasteiger partial charge < -0.3 is 29.3 Å². The van der Waals surface area contributed by atoms with E-state index >= 15 is 0 Å². The Morgan fingerprint density at radius 2 is 1.64 bits per heavy atom. The first-order valence-electron chi connectivity index (χ1n) is 8.72. The fraction of sp³-hybridized carbons (Fsp3) is 0.190. The summed E-state index contributed by atoms with van der Waals surface area (Å²) in [6, 6.07) is 15.1. The van der Waals surface area contributed by atoms with Crippen molar-refractivity contribution in [1.82, 2.24) is 0 Å². The Balaban J connectivity index is 1.90. The molecule has 0 amide bonds. The SMILES string of the molecule is COc1ccc(N2C(N)=c3ccoc3=NC2c2ccc(OC)cc2OC)cc1. The van der Waals surface area contributed by atoms with Gasteiger partial charge in [0, 0.05) is 17.3 Å². The number of furan rings is 1. The molecule has 1 atom stereocenters. The average Bonchev–Trinajstić information content (AvgIpc) is 3.22. The van der Waals surface area contributed by atoms with E-state index in [4.69, 9.17) is 29.4 Å². The maximum atomic E-state index is 6.54. The molecule has 1 aliphatic heterocycles. The van der Waals surface area contributed by atoms with E-state index in [9.17, 15) is 0 Å². The zero-order chi connectivity index (χ0) is 19.7. The van der Waals surface area contributed by atoms with Gasteiger partial charge in [-0.15, -0.1) is 0 Å². The van der Waals surface area contributed by atoms with Crippen LogP contribution in [0.5, 0.6) is 17.2 Å². The largest absolute Gasteiger partial charge is 0.497 e. The summed E-state index contributed by atoms with van der Waals surface area (Å²) in [5.74, 6) is 2.66. The van der Waals surface area contributed by atoms with Gasteiger partial charge in [-0.1, -0.05) is 0 Å². The number of hydrogen-bond acceptors (Lipinski definition) is 7. The molecule has 144 valence electrons. The van der Waals surface area contributed by atoms with Crippen molar-refractivity contribution in [3.63, 3.8) is 0 Å². The molecular formula is C21H21N3O4. The van der Waals surface area contributed by atoms with Gasteiger partial charge in [-0.05, 0) is 42.5 Å². The highest BCUT2D eigenvalue weighted by molar-refractivity contribution is 5.69. The number of nitrogens with two attached hydrogens (primary N) is 1. The van der Waals surface area contributed by atoms with E-state index in [1.165, 1.54) is 0 Å².